The van der Waals surface area contributed by atoms with Crippen LogP contribution in [0.15, 0.2) is 0 Å². The van der Waals surface area contributed by atoms with Crippen LogP contribution in [0.4, 0.5) is 4.79 Å². The summed E-state index contributed by atoms with van der Waals surface area (Å²) in [6.45, 7) is 10.7. The molecule has 0 unspecified atom stereocenters. The number of carbonyl (C=O) groups is 1. The molecule has 100 valence electrons. The van der Waals surface area contributed by atoms with Crippen LogP contribution in [0.1, 0.15) is 47.5 Å². The number of rotatable bonds is 2. The Morgan fingerprint density at radius 1 is 1.29 bits per heavy atom. The van der Waals surface area contributed by atoms with E-state index in [2.05, 4.69) is 24.5 Å². The van der Waals surface area contributed by atoms with Crippen molar-refractivity contribution >= 4 is 6.09 Å². The number of piperidine rings is 1. The Hall–Kier alpha value is -0.770. The largest absolute Gasteiger partial charge is 0.444 e. The van der Waals surface area contributed by atoms with Crippen LogP contribution in [0.2, 0.25) is 0 Å². The highest BCUT2D eigenvalue weighted by molar-refractivity contribution is 5.67. The van der Waals surface area contributed by atoms with E-state index in [9.17, 15) is 4.79 Å². The molecule has 2 N–H and O–H groups in total. The second-order valence-corrected chi connectivity index (χ2v) is 6.19. The molecule has 1 heterocycles. The molecule has 0 radical (unpaired) electrons. The van der Waals surface area contributed by atoms with E-state index < -0.39 is 5.60 Å². The van der Waals surface area contributed by atoms with Crippen LogP contribution in [0.3, 0.4) is 0 Å². The summed E-state index contributed by atoms with van der Waals surface area (Å²) in [7, 11) is 0. The molecule has 0 aromatic heterocycles. The summed E-state index contributed by atoms with van der Waals surface area (Å²) in [6, 6.07) is 1.06. The molecule has 0 spiro atoms. The van der Waals surface area contributed by atoms with Crippen molar-refractivity contribution in [2.24, 2.45) is 5.92 Å². The van der Waals surface area contributed by atoms with Crippen molar-refractivity contribution in [1.29, 1.82) is 0 Å². The zero-order valence-corrected chi connectivity index (χ0v) is 11.7. The zero-order valence-electron chi connectivity index (χ0n) is 11.7. The summed E-state index contributed by atoms with van der Waals surface area (Å²) in [4.78, 5) is 11.5. The molecular weight excluding hydrogens is 216 g/mol. The number of amides is 1. The molecule has 1 aliphatic heterocycles. The third-order valence-electron chi connectivity index (χ3n) is 2.88. The second-order valence-electron chi connectivity index (χ2n) is 6.19. The topological polar surface area (TPSA) is 50.4 Å². The molecule has 17 heavy (non-hydrogen) atoms. The maximum Gasteiger partial charge on any atom is 0.407 e. The molecule has 1 fully saturated rings. The van der Waals surface area contributed by atoms with Gasteiger partial charge in [0.05, 0.1) is 0 Å². The summed E-state index contributed by atoms with van der Waals surface area (Å²) < 4.78 is 5.22. The standard InChI is InChI=1S/C13H26N2O2/c1-9-6-11(7-10(2)15-9)8-14-12(16)17-13(3,4)5/h9-11,15H,6-8H2,1-5H3,(H,14,16)/t9-,10-/m0/s1. The van der Waals surface area contributed by atoms with Gasteiger partial charge in [0, 0.05) is 18.6 Å². The molecule has 4 nitrogen and oxygen atoms in total. The third-order valence-corrected chi connectivity index (χ3v) is 2.88. The van der Waals surface area contributed by atoms with E-state index >= 15 is 0 Å². The van der Waals surface area contributed by atoms with Crippen LogP contribution in [-0.4, -0.2) is 30.3 Å². The van der Waals surface area contributed by atoms with Crippen molar-refractivity contribution in [2.75, 3.05) is 6.54 Å². The van der Waals surface area contributed by atoms with Gasteiger partial charge in [0.2, 0.25) is 0 Å². The number of alkyl carbamates (subject to hydrolysis) is 1. The number of carbonyl (C=O) groups excluding carboxylic acids is 1. The molecule has 0 aromatic carbocycles. The Bertz CT molecular complexity index is 251. The van der Waals surface area contributed by atoms with E-state index in [0.717, 1.165) is 12.8 Å². The van der Waals surface area contributed by atoms with Gasteiger partial charge >= 0.3 is 6.09 Å². The first-order valence-corrected chi connectivity index (χ1v) is 6.49. The smallest absolute Gasteiger partial charge is 0.407 e. The minimum atomic E-state index is -0.418. The first kappa shape index (κ1) is 14.3. The lowest BCUT2D eigenvalue weighted by Crippen LogP contribution is -2.45. The molecule has 4 heteroatoms. The van der Waals surface area contributed by atoms with Gasteiger partial charge in [-0.3, -0.25) is 0 Å². The van der Waals surface area contributed by atoms with Crippen molar-refractivity contribution < 1.29 is 9.53 Å². The van der Waals surface area contributed by atoms with Gasteiger partial charge in [-0.15, -0.1) is 0 Å². The molecule has 0 bridgehead atoms. The van der Waals surface area contributed by atoms with Crippen molar-refractivity contribution in [3.63, 3.8) is 0 Å². The van der Waals surface area contributed by atoms with Gasteiger partial charge in [-0.05, 0) is 53.4 Å². The quantitative estimate of drug-likeness (QED) is 0.781. The summed E-state index contributed by atoms with van der Waals surface area (Å²) in [5.74, 6) is 0.550. The molecular formula is C13H26N2O2. The Balaban J connectivity index is 2.28. The van der Waals surface area contributed by atoms with Gasteiger partial charge in [-0.1, -0.05) is 0 Å². The van der Waals surface area contributed by atoms with Gasteiger partial charge < -0.3 is 15.4 Å². The molecule has 0 aromatic rings. The van der Waals surface area contributed by atoms with Crippen LogP contribution in [-0.2, 0) is 4.74 Å². The molecule has 1 aliphatic rings. The highest BCUT2D eigenvalue weighted by Gasteiger charge is 2.24. The van der Waals surface area contributed by atoms with Crippen LogP contribution < -0.4 is 10.6 Å². The Morgan fingerprint density at radius 2 is 1.82 bits per heavy atom. The maximum absolute atomic E-state index is 11.5. The Labute approximate surface area is 104 Å². The zero-order chi connectivity index (χ0) is 13.1. The summed E-state index contributed by atoms with van der Waals surface area (Å²) in [5, 5.41) is 6.35. The fourth-order valence-corrected chi connectivity index (χ4v) is 2.43. The number of hydrogen-bond acceptors (Lipinski definition) is 3. The van der Waals surface area contributed by atoms with E-state index in [1.165, 1.54) is 0 Å². The van der Waals surface area contributed by atoms with E-state index in [4.69, 9.17) is 4.74 Å². The average Bonchev–Trinajstić information content (AvgIpc) is 2.10. The molecule has 0 aliphatic carbocycles. The van der Waals surface area contributed by atoms with E-state index in [0.29, 0.717) is 24.5 Å². The minimum Gasteiger partial charge on any atom is -0.444 e. The predicted octanol–water partition coefficient (Wildman–Crippen LogP) is 2.29. The van der Waals surface area contributed by atoms with Crippen molar-refractivity contribution in [3.05, 3.63) is 0 Å². The summed E-state index contributed by atoms with van der Waals surface area (Å²) in [6.07, 6.45) is 1.91. The summed E-state index contributed by atoms with van der Waals surface area (Å²) >= 11 is 0. The third kappa shape index (κ3) is 5.91. The van der Waals surface area contributed by atoms with Gasteiger partial charge in [-0.25, -0.2) is 4.79 Å². The van der Waals surface area contributed by atoms with Crippen LogP contribution in [0.5, 0.6) is 0 Å². The van der Waals surface area contributed by atoms with Crippen molar-refractivity contribution in [1.82, 2.24) is 10.6 Å². The molecule has 2 atom stereocenters. The molecule has 0 saturated carbocycles. The fourth-order valence-electron chi connectivity index (χ4n) is 2.43. The van der Waals surface area contributed by atoms with Crippen LogP contribution >= 0.6 is 0 Å². The lowest BCUT2D eigenvalue weighted by atomic mass is 9.89. The highest BCUT2D eigenvalue weighted by Crippen LogP contribution is 2.19. The average molecular weight is 242 g/mol. The van der Waals surface area contributed by atoms with Gasteiger partial charge in [-0.2, -0.15) is 0 Å². The van der Waals surface area contributed by atoms with Gasteiger partial charge in [0.25, 0.3) is 0 Å². The first-order chi connectivity index (χ1) is 7.76. The predicted molar refractivity (Wildman–Crippen MR) is 69.0 cm³/mol. The number of hydrogen-bond donors (Lipinski definition) is 2. The highest BCUT2D eigenvalue weighted by atomic mass is 16.6. The minimum absolute atomic E-state index is 0.309. The SMILES string of the molecule is C[C@H]1CC(CNC(=O)OC(C)(C)C)C[C@H](C)N1. The van der Waals surface area contributed by atoms with Crippen molar-refractivity contribution in [2.45, 2.75) is 65.1 Å². The van der Waals surface area contributed by atoms with Crippen molar-refractivity contribution in [3.8, 4) is 0 Å². The Morgan fingerprint density at radius 3 is 2.29 bits per heavy atom. The Kier molecular flexibility index (Phi) is 4.80. The number of nitrogens with one attached hydrogen (secondary N) is 2. The lowest BCUT2D eigenvalue weighted by Gasteiger charge is -2.33. The fraction of sp³-hybridized carbons (Fsp3) is 0.923. The monoisotopic (exact) mass is 242 g/mol. The van der Waals surface area contributed by atoms with Gasteiger partial charge in [0.1, 0.15) is 5.60 Å². The second kappa shape index (κ2) is 5.71. The summed E-state index contributed by atoms with van der Waals surface area (Å²) in [5.41, 5.74) is -0.418. The van der Waals surface area contributed by atoms with E-state index in [1.807, 2.05) is 20.8 Å². The van der Waals surface area contributed by atoms with Gasteiger partial charge in [0.15, 0.2) is 0 Å². The molecule has 1 rings (SSSR count). The maximum atomic E-state index is 11.5. The van der Waals surface area contributed by atoms with E-state index in [-0.39, 0.29) is 6.09 Å². The van der Waals surface area contributed by atoms with E-state index in [1.54, 1.807) is 0 Å². The molecule has 1 amide bonds. The van der Waals surface area contributed by atoms with Crippen LogP contribution in [0.25, 0.3) is 0 Å². The first-order valence-electron chi connectivity index (χ1n) is 6.49. The van der Waals surface area contributed by atoms with Crippen LogP contribution in [0, 0.1) is 5.92 Å². The lowest BCUT2D eigenvalue weighted by molar-refractivity contribution is 0.0512. The molecule has 1 saturated heterocycles. The number of ether oxygens (including phenoxy) is 1. The normalized spacial score (nSPS) is 29.8.